The zero-order chi connectivity index (χ0) is 15.6. The van der Waals surface area contributed by atoms with E-state index >= 15 is 0 Å². The summed E-state index contributed by atoms with van der Waals surface area (Å²) < 4.78 is 4.43. The molecule has 0 atom stereocenters. The summed E-state index contributed by atoms with van der Waals surface area (Å²) in [5.41, 5.74) is 1.32. The normalized spacial score (nSPS) is 19.0. The van der Waals surface area contributed by atoms with Gasteiger partial charge in [0.05, 0.1) is 12.2 Å². The van der Waals surface area contributed by atoms with Crippen molar-refractivity contribution in [2.45, 2.75) is 51.9 Å². The first-order chi connectivity index (χ1) is 11.3. The Morgan fingerprint density at radius 1 is 1.21 bits per heavy atom. The molecule has 0 radical (unpaired) electrons. The van der Waals surface area contributed by atoms with Crippen LogP contribution in [0.15, 0.2) is 12.3 Å². The molecule has 0 aromatic carbocycles. The van der Waals surface area contributed by atoms with E-state index in [1.54, 1.807) is 0 Å². The fraction of sp³-hybridized carbons (Fsp3) is 0.688. The summed E-state index contributed by atoms with van der Waals surface area (Å²) in [7, 11) is 0. The van der Waals surface area contributed by atoms with E-state index in [0.717, 1.165) is 51.6 Å². The maximum atomic E-state index is 4.49. The standard InChI is InChI=1S/C16H25N7.ClH/c1-2-23-14(3-6-18-23)12-21-8-4-13(5-9-21)16-20-19-15-11-17-7-10-22(15)16;/h3,6,13,17H,2,4-5,7-12H2,1H3;1H. The molecular weight excluding hydrogens is 326 g/mol. The minimum Gasteiger partial charge on any atom is -0.312 e. The summed E-state index contributed by atoms with van der Waals surface area (Å²) in [5, 5.41) is 16.6. The lowest BCUT2D eigenvalue weighted by atomic mass is 9.95. The van der Waals surface area contributed by atoms with Crippen LogP contribution in [0.1, 0.15) is 43.0 Å². The zero-order valence-corrected chi connectivity index (χ0v) is 15.0. The number of halogens is 1. The number of hydrogen-bond acceptors (Lipinski definition) is 5. The van der Waals surface area contributed by atoms with Gasteiger partial charge in [0.1, 0.15) is 11.6 Å². The highest BCUT2D eigenvalue weighted by Crippen LogP contribution is 2.28. The molecule has 1 fully saturated rings. The minimum atomic E-state index is 0. The van der Waals surface area contributed by atoms with Gasteiger partial charge in [-0.15, -0.1) is 22.6 Å². The lowest BCUT2D eigenvalue weighted by Crippen LogP contribution is -2.35. The monoisotopic (exact) mass is 351 g/mol. The van der Waals surface area contributed by atoms with Crippen molar-refractivity contribution in [1.82, 2.24) is 34.8 Å². The molecule has 132 valence electrons. The van der Waals surface area contributed by atoms with E-state index in [1.807, 2.05) is 6.20 Å². The van der Waals surface area contributed by atoms with Crippen molar-refractivity contribution < 1.29 is 0 Å². The number of aryl methyl sites for hydroxylation is 1. The summed E-state index contributed by atoms with van der Waals surface area (Å²) in [6.45, 7) is 9.23. The van der Waals surface area contributed by atoms with Gasteiger partial charge in [-0.25, -0.2) is 0 Å². The molecule has 4 rings (SSSR count). The molecule has 0 spiro atoms. The number of rotatable bonds is 4. The number of aromatic nitrogens is 5. The average Bonchev–Trinajstić information content (AvgIpc) is 3.22. The molecule has 2 aliphatic rings. The molecule has 2 aromatic rings. The second kappa shape index (κ2) is 7.63. The molecule has 0 unspecified atom stereocenters. The van der Waals surface area contributed by atoms with Crippen LogP contribution in [-0.4, -0.2) is 49.1 Å². The molecule has 0 bridgehead atoms. The summed E-state index contributed by atoms with van der Waals surface area (Å²) >= 11 is 0. The second-order valence-electron chi connectivity index (χ2n) is 6.49. The second-order valence-corrected chi connectivity index (χ2v) is 6.49. The summed E-state index contributed by atoms with van der Waals surface area (Å²) in [5.74, 6) is 2.86. The fourth-order valence-electron chi connectivity index (χ4n) is 3.77. The van der Waals surface area contributed by atoms with Crippen molar-refractivity contribution in [2.75, 3.05) is 19.6 Å². The van der Waals surface area contributed by atoms with Crippen molar-refractivity contribution in [3.63, 3.8) is 0 Å². The van der Waals surface area contributed by atoms with Crippen LogP contribution >= 0.6 is 12.4 Å². The number of nitrogens with zero attached hydrogens (tertiary/aromatic N) is 6. The van der Waals surface area contributed by atoms with E-state index in [0.29, 0.717) is 5.92 Å². The van der Waals surface area contributed by atoms with Crippen molar-refractivity contribution >= 4 is 12.4 Å². The molecule has 4 heterocycles. The first-order valence-electron chi connectivity index (χ1n) is 8.71. The lowest BCUT2D eigenvalue weighted by Gasteiger charge is -2.32. The van der Waals surface area contributed by atoms with Crippen LogP contribution < -0.4 is 5.32 Å². The lowest BCUT2D eigenvalue weighted by molar-refractivity contribution is 0.194. The highest BCUT2D eigenvalue weighted by Gasteiger charge is 2.27. The third-order valence-corrected chi connectivity index (χ3v) is 5.09. The Morgan fingerprint density at radius 3 is 2.83 bits per heavy atom. The van der Waals surface area contributed by atoms with Gasteiger partial charge in [0.15, 0.2) is 0 Å². The van der Waals surface area contributed by atoms with Crippen molar-refractivity contribution in [3.8, 4) is 0 Å². The molecule has 8 heteroatoms. The Hall–Kier alpha value is -1.44. The number of nitrogens with one attached hydrogen (secondary N) is 1. The van der Waals surface area contributed by atoms with Crippen LogP contribution in [-0.2, 0) is 26.2 Å². The zero-order valence-electron chi connectivity index (χ0n) is 14.2. The van der Waals surface area contributed by atoms with E-state index in [-0.39, 0.29) is 12.4 Å². The molecule has 1 N–H and O–H groups in total. The Balaban J connectivity index is 0.00000169. The van der Waals surface area contributed by atoms with Gasteiger partial charge < -0.3 is 9.88 Å². The minimum absolute atomic E-state index is 0. The fourth-order valence-corrected chi connectivity index (χ4v) is 3.77. The molecular formula is C16H26ClN7. The van der Waals surface area contributed by atoms with Crippen LogP contribution in [0.5, 0.6) is 0 Å². The van der Waals surface area contributed by atoms with Crippen molar-refractivity contribution in [2.24, 2.45) is 0 Å². The highest BCUT2D eigenvalue weighted by atomic mass is 35.5. The predicted octanol–water partition coefficient (Wildman–Crippen LogP) is 1.40. The molecule has 2 aromatic heterocycles. The number of fused-ring (bicyclic) bond motifs is 1. The van der Waals surface area contributed by atoms with Gasteiger partial charge in [0.2, 0.25) is 0 Å². The number of hydrogen-bond donors (Lipinski definition) is 1. The highest BCUT2D eigenvalue weighted by molar-refractivity contribution is 5.85. The summed E-state index contributed by atoms with van der Waals surface area (Å²) in [4.78, 5) is 2.54. The quantitative estimate of drug-likeness (QED) is 0.902. The molecule has 24 heavy (non-hydrogen) atoms. The molecule has 2 aliphatic heterocycles. The van der Waals surface area contributed by atoms with Gasteiger partial charge in [-0.1, -0.05) is 0 Å². The van der Waals surface area contributed by atoms with Gasteiger partial charge in [0.25, 0.3) is 0 Å². The first kappa shape index (κ1) is 17.4. The topological polar surface area (TPSA) is 63.8 Å². The van der Waals surface area contributed by atoms with Gasteiger partial charge in [-0.05, 0) is 38.9 Å². The van der Waals surface area contributed by atoms with Gasteiger partial charge in [-0.3, -0.25) is 9.58 Å². The maximum Gasteiger partial charge on any atom is 0.147 e. The third kappa shape index (κ3) is 3.34. The molecule has 0 aliphatic carbocycles. The van der Waals surface area contributed by atoms with E-state index in [1.165, 1.54) is 24.4 Å². The van der Waals surface area contributed by atoms with Crippen LogP contribution in [0.2, 0.25) is 0 Å². The largest absolute Gasteiger partial charge is 0.312 e. The van der Waals surface area contributed by atoms with Crippen LogP contribution in [0.25, 0.3) is 0 Å². The maximum absolute atomic E-state index is 4.49. The smallest absolute Gasteiger partial charge is 0.147 e. The first-order valence-corrected chi connectivity index (χ1v) is 8.71. The van der Waals surface area contributed by atoms with Crippen LogP contribution in [0, 0.1) is 0 Å². The van der Waals surface area contributed by atoms with E-state index in [2.05, 4.69) is 47.8 Å². The molecule has 0 saturated carbocycles. The molecule has 0 amide bonds. The SMILES string of the molecule is CCn1nccc1CN1CCC(c2nnc3n2CCNC3)CC1.Cl. The van der Waals surface area contributed by atoms with Crippen LogP contribution in [0.3, 0.4) is 0 Å². The Labute approximate surface area is 148 Å². The van der Waals surface area contributed by atoms with E-state index in [9.17, 15) is 0 Å². The molecule has 1 saturated heterocycles. The summed E-state index contributed by atoms with van der Waals surface area (Å²) in [6.07, 6.45) is 4.25. The third-order valence-electron chi connectivity index (χ3n) is 5.09. The van der Waals surface area contributed by atoms with Gasteiger partial charge in [-0.2, -0.15) is 5.10 Å². The van der Waals surface area contributed by atoms with Gasteiger partial charge in [0, 0.05) is 38.3 Å². The Bertz CT molecular complexity index is 657. The van der Waals surface area contributed by atoms with Gasteiger partial charge >= 0.3 is 0 Å². The van der Waals surface area contributed by atoms with Crippen LogP contribution in [0.4, 0.5) is 0 Å². The van der Waals surface area contributed by atoms with E-state index < -0.39 is 0 Å². The Morgan fingerprint density at radius 2 is 2.04 bits per heavy atom. The number of likely N-dealkylation sites (tertiary alicyclic amines) is 1. The molecule has 7 nitrogen and oxygen atoms in total. The summed E-state index contributed by atoms with van der Waals surface area (Å²) in [6, 6.07) is 2.14. The Kier molecular flexibility index (Phi) is 5.53. The van der Waals surface area contributed by atoms with E-state index in [4.69, 9.17) is 0 Å². The van der Waals surface area contributed by atoms with Crippen molar-refractivity contribution in [3.05, 3.63) is 29.6 Å². The van der Waals surface area contributed by atoms with Crippen molar-refractivity contribution in [1.29, 1.82) is 0 Å². The predicted molar refractivity (Wildman–Crippen MR) is 94.1 cm³/mol. The number of piperidine rings is 1. The average molecular weight is 352 g/mol.